The molecule has 0 amide bonds. The van der Waals surface area contributed by atoms with Crippen molar-refractivity contribution < 1.29 is 4.42 Å². The Morgan fingerprint density at radius 3 is 2.88 bits per heavy atom. The Kier molecular flexibility index (Phi) is 2.29. The smallest absolute Gasteiger partial charge is 0.184 e. The molecule has 16 heavy (non-hydrogen) atoms. The molecule has 0 spiro atoms. The lowest BCUT2D eigenvalue weighted by Gasteiger charge is -1.89. The van der Waals surface area contributed by atoms with Gasteiger partial charge in [0.1, 0.15) is 5.58 Å². The lowest BCUT2D eigenvalue weighted by molar-refractivity contribution is 0.630. The highest BCUT2D eigenvalue weighted by molar-refractivity contribution is 9.11. The van der Waals surface area contributed by atoms with E-state index in [4.69, 9.17) is 4.42 Å². The number of hydrogen-bond donors (Lipinski definition) is 0. The highest BCUT2D eigenvalue weighted by Gasteiger charge is 2.10. The van der Waals surface area contributed by atoms with Gasteiger partial charge in [-0.15, -0.1) is 10.2 Å². The highest BCUT2D eigenvalue weighted by atomic mass is 79.9. The van der Waals surface area contributed by atoms with Crippen molar-refractivity contribution in [3.05, 3.63) is 33.7 Å². The van der Waals surface area contributed by atoms with E-state index in [0.717, 1.165) is 25.7 Å². The quantitative estimate of drug-likeness (QED) is 0.680. The molecule has 3 rings (SSSR count). The lowest BCUT2D eigenvalue weighted by atomic mass is 10.2. The summed E-state index contributed by atoms with van der Waals surface area (Å²) < 4.78 is 6.47. The fourth-order valence-corrected chi connectivity index (χ4v) is 2.64. The van der Waals surface area contributed by atoms with Crippen LogP contribution in [-0.4, -0.2) is 10.2 Å². The first-order valence-corrected chi connectivity index (χ1v) is 6.33. The number of rotatable bonds is 1. The van der Waals surface area contributed by atoms with Crippen LogP contribution in [0.15, 0.2) is 32.6 Å². The molecule has 3 nitrogen and oxygen atoms in total. The summed E-state index contributed by atoms with van der Waals surface area (Å²) in [7, 11) is 0. The van der Waals surface area contributed by atoms with Crippen molar-refractivity contribution in [2.45, 2.75) is 6.92 Å². The molecule has 0 fully saturated rings. The van der Waals surface area contributed by atoms with Gasteiger partial charge in [0, 0.05) is 5.39 Å². The summed E-state index contributed by atoms with van der Waals surface area (Å²) in [6.45, 7) is 2.06. The van der Waals surface area contributed by atoms with Gasteiger partial charge in [0.15, 0.2) is 14.7 Å². The van der Waals surface area contributed by atoms with Gasteiger partial charge in [-0.05, 0) is 41.1 Å². The monoisotopic (exact) mass is 294 g/mol. The molecule has 1 aromatic carbocycles. The van der Waals surface area contributed by atoms with Crippen molar-refractivity contribution in [3.63, 3.8) is 0 Å². The van der Waals surface area contributed by atoms with Gasteiger partial charge < -0.3 is 4.42 Å². The van der Waals surface area contributed by atoms with Gasteiger partial charge in [-0.25, -0.2) is 0 Å². The van der Waals surface area contributed by atoms with Crippen molar-refractivity contribution >= 4 is 38.2 Å². The number of furan rings is 1. The van der Waals surface area contributed by atoms with Crippen LogP contribution >= 0.6 is 27.3 Å². The third-order valence-corrected chi connectivity index (χ3v) is 3.65. The molecule has 2 heterocycles. The van der Waals surface area contributed by atoms with Gasteiger partial charge in [-0.1, -0.05) is 23.0 Å². The molecule has 0 atom stereocenters. The van der Waals surface area contributed by atoms with Gasteiger partial charge in [-0.3, -0.25) is 0 Å². The second-order valence-corrected chi connectivity index (χ2v) is 5.77. The SMILES string of the molecule is Cc1ccc2oc(-c3nnc(Br)s3)cc2c1. The molecule has 0 saturated heterocycles. The second-order valence-electron chi connectivity index (χ2n) is 3.51. The molecule has 0 aliphatic heterocycles. The maximum Gasteiger partial charge on any atom is 0.184 e. The molecule has 0 N–H and O–H groups in total. The zero-order valence-corrected chi connectivity index (χ0v) is 10.8. The molecule has 0 saturated carbocycles. The third kappa shape index (κ3) is 1.66. The maximum absolute atomic E-state index is 5.71. The Morgan fingerprint density at radius 2 is 2.12 bits per heavy atom. The predicted molar refractivity (Wildman–Crippen MR) is 67.6 cm³/mol. The predicted octanol–water partition coefficient (Wildman–Crippen LogP) is 4.02. The van der Waals surface area contributed by atoms with Crippen molar-refractivity contribution in [2.75, 3.05) is 0 Å². The molecular weight excluding hydrogens is 288 g/mol. The van der Waals surface area contributed by atoms with Gasteiger partial charge in [-0.2, -0.15) is 0 Å². The summed E-state index contributed by atoms with van der Waals surface area (Å²) in [5.41, 5.74) is 2.10. The zero-order valence-electron chi connectivity index (χ0n) is 8.40. The van der Waals surface area contributed by atoms with Gasteiger partial charge in [0.2, 0.25) is 0 Å². The molecule has 2 aromatic heterocycles. The Balaban J connectivity index is 2.18. The minimum absolute atomic E-state index is 0.763. The van der Waals surface area contributed by atoms with Crippen LogP contribution in [0.3, 0.4) is 0 Å². The van der Waals surface area contributed by atoms with E-state index in [9.17, 15) is 0 Å². The summed E-state index contributed by atoms with van der Waals surface area (Å²) in [4.78, 5) is 0. The number of aryl methyl sites for hydroxylation is 1. The largest absolute Gasteiger partial charge is 0.453 e. The van der Waals surface area contributed by atoms with Gasteiger partial charge in [0.25, 0.3) is 0 Å². The normalized spacial score (nSPS) is 11.1. The number of benzene rings is 1. The first-order chi connectivity index (χ1) is 7.72. The van der Waals surface area contributed by atoms with E-state index in [1.54, 1.807) is 0 Å². The van der Waals surface area contributed by atoms with Crippen LogP contribution in [0.2, 0.25) is 0 Å². The van der Waals surface area contributed by atoms with E-state index in [1.807, 2.05) is 18.2 Å². The molecule has 5 heteroatoms. The van der Waals surface area contributed by atoms with Crippen LogP contribution in [0, 0.1) is 6.92 Å². The van der Waals surface area contributed by atoms with Crippen LogP contribution < -0.4 is 0 Å². The Bertz CT molecular complexity index is 659. The maximum atomic E-state index is 5.71. The van der Waals surface area contributed by atoms with Crippen molar-refractivity contribution in [1.29, 1.82) is 0 Å². The molecule has 80 valence electrons. The zero-order chi connectivity index (χ0) is 11.1. The molecule has 0 aliphatic carbocycles. The van der Waals surface area contributed by atoms with E-state index < -0.39 is 0 Å². The second kappa shape index (κ2) is 3.68. The number of nitrogens with zero attached hydrogens (tertiary/aromatic N) is 2. The number of halogens is 1. The molecule has 0 bridgehead atoms. The Labute approximate surface area is 104 Å². The van der Waals surface area contributed by atoms with Crippen molar-refractivity contribution in [2.24, 2.45) is 0 Å². The van der Waals surface area contributed by atoms with Crippen LogP contribution in [0.25, 0.3) is 21.7 Å². The summed E-state index contributed by atoms with van der Waals surface area (Å²) >= 11 is 4.75. The van der Waals surface area contributed by atoms with Crippen molar-refractivity contribution in [1.82, 2.24) is 10.2 Å². The Hall–Kier alpha value is -1.20. The average molecular weight is 295 g/mol. The fourth-order valence-electron chi connectivity index (χ4n) is 1.57. The lowest BCUT2D eigenvalue weighted by Crippen LogP contribution is -1.70. The summed E-state index contributed by atoms with van der Waals surface area (Å²) in [5, 5.41) is 9.83. The molecular formula is C11H7BrN2OS. The average Bonchev–Trinajstić information content (AvgIpc) is 2.83. The topological polar surface area (TPSA) is 38.9 Å². The minimum atomic E-state index is 0.763. The number of hydrogen-bond acceptors (Lipinski definition) is 4. The summed E-state index contributed by atoms with van der Waals surface area (Å²) in [5.74, 6) is 0.767. The molecule has 0 radical (unpaired) electrons. The van der Waals surface area contributed by atoms with E-state index in [-0.39, 0.29) is 0 Å². The van der Waals surface area contributed by atoms with Crippen LogP contribution in [0.4, 0.5) is 0 Å². The molecule has 0 aliphatic rings. The molecule has 0 unspecified atom stereocenters. The van der Waals surface area contributed by atoms with E-state index in [0.29, 0.717) is 0 Å². The third-order valence-electron chi connectivity index (χ3n) is 2.28. The molecule has 3 aromatic rings. The van der Waals surface area contributed by atoms with E-state index in [1.165, 1.54) is 16.9 Å². The van der Waals surface area contributed by atoms with E-state index in [2.05, 4.69) is 39.1 Å². The number of fused-ring (bicyclic) bond motifs is 1. The first kappa shape index (κ1) is 9.99. The van der Waals surface area contributed by atoms with Gasteiger partial charge >= 0.3 is 0 Å². The highest BCUT2D eigenvalue weighted by Crippen LogP contribution is 2.31. The summed E-state index contributed by atoms with van der Waals surface area (Å²) in [6, 6.07) is 8.10. The first-order valence-electron chi connectivity index (χ1n) is 4.72. The summed E-state index contributed by atoms with van der Waals surface area (Å²) in [6.07, 6.45) is 0. The van der Waals surface area contributed by atoms with Crippen molar-refractivity contribution in [3.8, 4) is 10.8 Å². The minimum Gasteiger partial charge on any atom is -0.453 e. The fraction of sp³-hybridized carbons (Fsp3) is 0.0909. The standard InChI is InChI=1S/C11H7BrN2OS/c1-6-2-3-8-7(4-6)5-9(15-8)10-13-14-11(12)16-10/h2-5H,1H3. The van der Waals surface area contributed by atoms with Crippen LogP contribution in [0.1, 0.15) is 5.56 Å². The van der Waals surface area contributed by atoms with Crippen LogP contribution in [0.5, 0.6) is 0 Å². The Morgan fingerprint density at radius 1 is 1.25 bits per heavy atom. The van der Waals surface area contributed by atoms with Crippen LogP contribution in [-0.2, 0) is 0 Å². The van der Waals surface area contributed by atoms with E-state index >= 15 is 0 Å². The van der Waals surface area contributed by atoms with Gasteiger partial charge in [0.05, 0.1) is 0 Å². The number of aromatic nitrogens is 2.